The van der Waals surface area contributed by atoms with Crippen molar-refractivity contribution >= 4 is 11.2 Å². The first kappa shape index (κ1) is 20.0. The number of rotatable bonds is 4. The molecule has 2 aliphatic rings. The first-order valence-corrected chi connectivity index (χ1v) is 10.6. The average molecular weight is 443 g/mol. The molecule has 4 atom stereocenters. The van der Waals surface area contributed by atoms with E-state index in [1.807, 2.05) is 60.7 Å². The molecule has 3 heterocycles. The summed E-state index contributed by atoms with van der Waals surface area (Å²) in [5.41, 5.74) is -0.944. The monoisotopic (exact) mass is 443 g/mol. The highest BCUT2D eigenvalue weighted by molar-refractivity contribution is 5.75. The van der Waals surface area contributed by atoms with Crippen molar-refractivity contribution in [1.82, 2.24) is 19.1 Å². The molecule has 0 bridgehead atoms. The Bertz CT molecular complexity index is 1450. The van der Waals surface area contributed by atoms with Gasteiger partial charge in [-0.05, 0) is 24.3 Å². The smallest absolute Gasteiger partial charge is 0.202 e. The van der Waals surface area contributed by atoms with E-state index in [0.717, 1.165) is 11.3 Å². The van der Waals surface area contributed by atoms with Gasteiger partial charge in [-0.3, -0.25) is 14.5 Å². The lowest BCUT2D eigenvalue weighted by Gasteiger charge is -2.45. The molecule has 9 heteroatoms. The molecular formula is C24H21N5O4. The first-order valence-electron chi connectivity index (χ1n) is 10.6. The maximum absolute atomic E-state index is 11.2. The van der Waals surface area contributed by atoms with E-state index in [4.69, 9.17) is 15.1 Å². The lowest BCUT2D eigenvalue weighted by atomic mass is 9.76. The number of para-hydroxylation sites is 1. The number of nitrogens with zero attached hydrogens (tertiary/aromatic N) is 4. The van der Waals surface area contributed by atoms with E-state index < -0.39 is 30.1 Å². The minimum atomic E-state index is -1.75. The molecule has 4 N–H and O–H groups in total. The third-order valence-corrected chi connectivity index (χ3v) is 6.47. The van der Waals surface area contributed by atoms with Gasteiger partial charge in [0.1, 0.15) is 18.0 Å². The standard InChI is InChI=1S/C24H21N5O4/c25-20-18-22(28(14-26-18)24-12-11-23(24,32)19(31)17(13-30)33-24)27-21(15-7-3-1-4-8-15)29(20)16-9-5-2-6-10-16/h1-12,14,17,19,25,30-32H,13H2/t17-,19-,23-,24-/m1/s1. The molecular weight excluding hydrogens is 422 g/mol. The second kappa shape index (κ2) is 6.93. The fourth-order valence-electron chi connectivity index (χ4n) is 4.72. The van der Waals surface area contributed by atoms with E-state index >= 15 is 0 Å². The third-order valence-electron chi connectivity index (χ3n) is 6.47. The highest BCUT2D eigenvalue weighted by Gasteiger charge is 2.69. The normalized spacial score (nSPS) is 28.1. The maximum Gasteiger partial charge on any atom is 0.202 e. The molecule has 1 aliphatic heterocycles. The quantitative estimate of drug-likeness (QED) is 0.349. The largest absolute Gasteiger partial charge is 0.394 e. The van der Waals surface area contributed by atoms with Gasteiger partial charge >= 0.3 is 0 Å². The molecule has 9 nitrogen and oxygen atoms in total. The number of nitrogens with one attached hydrogen (secondary N) is 1. The molecule has 1 saturated heterocycles. The van der Waals surface area contributed by atoms with Gasteiger partial charge in [0.25, 0.3) is 0 Å². The second-order valence-corrected chi connectivity index (χ2v) is 8.25. The fraction of sp³-hybridized carbons (Fsp3) is 0.208. The van der Waals surface area contributed by atoms with E-state index in [0.29, 0.717) is 17.0 Å². The number of benzene rings is 2. The van der Waals surface area contributed by atoms with Gasteiger partial charge in [0.05, 0.1) is 12.9 Å². The summed E-state index contributed by atoms with van der Waals surface area (Å²) in [6.45, 7) is -0.458. The topological polar surface area (TPSA) is 129 Å². The molecule has 6 rings (SSSR count). The van der Waals surface area contributed by atoms with Crippen molar-refractivity contribution in [3.63, 3.8) is 0 Å². The Hall–Kier alpha value is -3.63. The van der Waals surface area contributed by atoms with E-state index in [2.05, 4.69) is 4.98 Å². The van der Waals surface area contributed by atoms with Crippen LogP contribution in [0, 0.1) is 5.41 Å². The van der Waals surface area contributed by atoms with Crippen LogP contribution in [-0.2, 0) is 10.5 Å². The van der Waals surface area contributed by atoms with E-state index in [9.17, 15) is 15.3 Å². The van der Waals surface area contributed by atoms with Crippen LogP contribution in [0.2, 0.25) is 0 Å². The van der Waals surface area contributed by atoms with E-state index in [-0.39, 0.29) is 5.49 Å². The van der Waals surface area contributed by atoms with E-state index in [1.54, 1.807) is 10.6 Å². The summed E-state index contributed by atoms with van der Waals surface area (Å²) >= 11 is 0. The highest BCUT2D eigenvalue weighted by atomic mass is 16.6. The number of aliphatic hydroxyl groups is 3. The third kappa shape index (κ3) is 2.53. The molecule has 0 saturated carbocycles. The van der Waals surface area contributed by atoms with Crippen molar-refractivity contribution in [2.24, 2.45) is 0 Å². The number of aromatic nitrogens is 4. The number of imidazole rings is 1. The maximum atomic E-state index is 11.2. The Labute approximate surface area is 188 Å². The van der Waals surface area contributed by atoms with Crippen molar-refractivity contribution in [3.05, 3.63) is 84.6 Å². The van der Waals surface area contributed by atoms with Crippen LogP contribution in [0.5, 0.6) is 0 Å². The van der Waals surface area contributed by atoms with Crippen LogP contribution in [0.4, 0.5) is 0 Å². The number of hydrogen-bond acceptors (Lipinski definition) is 7. The first-order chi connectivity index (χ1) is 16.0. The number of hydrogen-bond donors (Lipinski definition) is 4. The molecule has 33 heavy (non-hydrogen) atoms. The lowest BCUT2D eigenvalue weighted by molar-refractivity contribution is -0.159. The molecule has 4 aromatic rings. The van der Waals surface area contributed by atoms with Crippen LogP contribution in [0.1, 0.15) is 0 Å². The zero-order valence-corrected chi connectivity index (χ0v) is 17.4. The number of aliphatic hydroxyl groups excluding tert-OH is 2. The van der Waals surface area contributed by atoms with Crippen LogP contribution in [0.3, 0.4) is 0 Å². The van der Waals surface area contributed by atoms with E-state index in [1.165, 1.54) is 17.0 Å². The number of fused-ring (bicyclic) bond motifs is 2. The summed E-state index contributed by atoms with van der Waals surface area (Å²) in [7, 11) is 0. The van der Waals surface area contributed by atoms with Crippen LogP contribution in [0.15, 0.2) is 79.1 Å². The average Bonchev–Trinajstić information content (AvgIpc) is 3.33. The van der Waals surface area contributed by atoms with Gasteiger partial charge < -0.3 is 20.1 Å². The Morgan fingerprint density at radius 1 is 1.03 bits per heavy atom. The molecule has 0 unspecified atom stereocenters. The SMILES string of the molecule is N=c1c2ncn([C@@]34C=C[C@@]3(O)[C@H](O)[C@@H](CO)O4)c2nc(-c2ccccc2)n1-c1ccccc1. The molecule has 1 fully saturated rings. The molecule has 166 valence electrons. The summed E-state index contributed by atoms with van der Waals surface area (Å²) < 4.78 is 9.19. The highest BCUT2D eigenvalue weighted by Crippen LogP contribution is 2.52. The van der Waals surface area contributed by atoms with Gasteiger partial charge in [0.2, 0.25) is 5.72 Å². The lowest BCUT2D eigenvalue weighted by Crippen LogP contribution is -2.60. The minimum Gasteiger partial charge on any atom is -0.394 e. The summed E-state index contributed by atoms with van der Waals surface area (Å²) in [5, 5.41) is 40.4. The molecule has 2 aromatic carbocycles. The van der Waals surface area contributed by atoms with Crippen molar-refractivity contribution in [3.8, 4) is 17.1 Å². The van der Waals surface area contributed by atoms with Crippen molar-refractivity contribution in [2.45, 2.75) is 23.5 Å². The zero-order valence-electron chi connectivity index (χ0n) is 17.4. The van der Waals surface area contributed by atoms with Crippen molar-refractivity contribution in [2.75, 3.05) is 6.61 Å². The molecule has 0 amide bonds. The summed E-state index contributed by atoms with van der Waals surface area (Å²) in [6, 6.07) is 19.0. The van der Waals surface area contributed by atoms with Crippen LogP contribution >= 0.6 is 0 Å². The molecule has 0 spiro atoms. The predicted octanol–water partition coefficient (Wildman–Crippen LogP) is 1.07. The Morgan fingerprint density at radius 2 is 1.73 bits per heavy atom. The van der Waals surface area contributed by atoms with Crippen molar-refractivity contribution < 1.29 is 20.1 Å². The van der Waals surface area contributed by atoms with Crippen molar-refractivity contribution in [1.29, 1.82) is 5.41 Å². The Kier molecular flexibility index (Phi) is 4.20. The molecule has 1 aliphatic carbocycles. The van der Waals surface area contributed by atoms with Gasteiger partial charge in [0.15, 0.2) is 22.3 Å². The van der Waals surface area contributed by atoms with Crippen LogP contribution in [0.25, 0.3) is 28.2 Å². The molecule has 0 radical (unpaired) electrons. The minimum absolute atomic E-state index is 0.115. The van der Waals surface area contributed by atoms with Gasteiger partial charge in [-0.1, -0.05) is 48.5 Å². The molecule has 2 aromatic heterocycles. The fourth-order valence-corrected chi connectivity index (χ4v) is 4.72. The summed E-state index contributed by atoms with van der Waals surface area (Å²) in [5.74, 6) is 0.515. The predicted molar refractivity (Wildman–Crippen MR) is 118 cm³/mol. The Morgan fingerprint density at radius 3 is 2.36 bits per heavy atom. The van der Waals surface area contributed by atoms with Gasteiger partial charge in [0, 0.05) is 11.3 Å². The van der Waals surface area contributed by atoms with Gasteiger partial charge in [-0.25, -0.2) is 9.97 Å². The summed E-state index contributed by atoms with van der Waals surface area (Å²) in [6.07, 6.45) is 2.20. The van der Waals surface area contributed by atoms with Gasteiger partial charge in [-0.15, -0.1) is 0 Å². The zero-order chi connectivity index (χ0) is 22.8. The summed E-state index contributed by atoms with van der Waals surface area (Å²) in [4.78, 5) is 9.31. The Balaban J connectivity index is 1.64. The van der Waals surface area contributed by atoms with Crippen LogP contribution < -0.4 is 5.49 Å². The second-order valence-electron chi connectivity index (χ2n) is 8.25. The van der Waals surface area contributed by atoms with Gasteiger partial charge in [-0.2, -0.15) is 0 Å². The van der Waals surface area contributed by atoms with Crippen LogP contribution in [-0.4, -0.2) is 58.8 Å². The number of ether oxygens (including phenoxy) is 1.